The molecule has 8 heteroatoms. The second-order valence-corrected chi connectivity index (χ2v) is 5.29. The molecule has 124 valence electrons. The monoisotopic (exact) mass is 310 g/mol. The topological polar surface area (TPSA) is 102 Å². The van der Waals surface area contributed by atoms with Crippen LogP contribution in [0.4, 0.5) is 17.3 Å². The first-order valence-corrected chi connectivity index (χ1v) is 7.75. The van der Waals surface area contributed by atoms with E-state index in [1.165, 1.54) is 6.33 Å². The van der Waals surface area contributed by atoms with Crippen molar-refractivity contribution in [2.45, 2.75) is 6.92 Å². The molecule has 2 heterocycles. The van der Waals surface area contributed by atoms with Gasteiger partial charge in [0.15, 0.2) is 11.6 Å². The van der Waals surface area contributed by atoms with Gasteiger partial charge in [0.1, 0.15) is 12.0 Å². The summed E-state index contributed by atoms with van der Waals surface area (Å²) in [5, 5.41) is 18.2. The highest BCUT2D eigenvalue weighted by atomic mass is 16.3. The molecule has 0 bridgehead atoms. The van der Waals surface area contributed by atoms with E-state index < -0.39 is 0 Å². The van der Waals surface area contributed by atoms with E-state index in [1.54, 1.807) is 0 Å². The average Bonchev–Trinajstić information content (AvgIpc) is 2.54. The molecule has 1 aromatic heterocycles. The molecular formula is C14H26N6O2. The van der Waals surface area contributed by atoms with Gasteiger partial charge in [0.25, 0.3) is 0 Å². The molecule has 2 rings (SSSR count). The molecule has 0 radical (unpaired) electrons. The predicted octanol–water partition coefficient (Wildman–Crippen LogP) is -1.01. The first kappa shape index (κ1) is 16.7. The van der Waals surface area contributed by atoms with Crippen LogP contribution in [0.1, 0.15) is 6.92 Å². The Morgan fingerprint density at radius 3 is 2.50 bits per heavy atom. The van der Waals surface area contributed by atoms with Crippen LogP contribution in [0.5, 0.6) is 0 Å². The van der Waals surface area contributed by atoms with Gasteiger partial charge in [0, 0.05) is 45.8 Å². The number of nitrogens with two attached hydrogens (primary N) is 1. The third-order valence-electron chi connectivity index (χ3n) is 3.98. The maximum absolute atomic E-state index is 9.16. The number of hydrogen-bond donors (Lipinski definition) is 3. The number of likely N-dealkylation sites (N-methyl/N-ethyl adjacent to an activating group) is 1. The highest BCUT2D eigenvalue weighted by Crippen LogP contribution is 2.29. The molecule has 8 nitrogen and oxygen atoms in total. The molecule has 0 saturated carbocycles. The molecule has 1 aliphatic heterocycles. The van der Waals surface area contributed by atoms with Crippen molar-refractivity contribution < 1.29 is 10.2 Å². The van der Waals surface area contributed by atoms with Gasteiger partial charge in [-0.05, 0) is 6.92 Å². The lowest BCUT2D eigenvalue weighted by atomic mass is 10.3. The summed E-state index contributed by atoms with van der Waals surface area (Å²) in [4.78, 5) is 14.9. The summed E-state index contributed by atoms with van der Waals surface area (Å²) in [7, 11) is 0. The Kier molecular flexibility index (Phi) is 6.17. The van der Waals surface area contributed by atoms with Crippen LogP contribution in [-0.4, -0.2) is 84.1 Å². The molecule has 0 aliphatic carbocycles. The van der Waals surface area contributed by atoms with E-state index in [-0.39, 0.29) is 13.2 Å². The Labute approximate surface area is 131 Å². The van der Waals surface area contributed by atoms with E-state index in [2.05, 4.69) is 19.8 Å². The minimum atomic E-state index is 0.0620. The number of anilines is 3. The van der Waals surface area contributed by atoms with E-state index >= 15 is 0 Å². The van der Waals surface area contributed by atoms with Crippen LogP contribution < -0.4 is 15.5 Å². The highest BCUT2D eigenvalue weighted by Gasteiger charge is 2.22. The van der Waals surface area contributed by atoms with E-state index in [0.717, 1.165) is 38.5 Å². The summed E-state index contributed by atoms with van der Waals surface area (Å²) in [5.74, 6) is 1.43. The molecule has 0 spiro atoms. The van der Waals surface area contributed by atoms with Crippen LogP contribution in [0.25, 0.3) is 0 Å². The normalized spacial score (nSPS) is 16.0. The summed E-state index contributed by atoms with van der Waals surface area (Å²) < 4.78 is 0. The molecule has 0 amide bonds. The van der Waals surface area contributed by atoms with Gasteiger partial charge < -0.3 is 25.7 Å². The molecule has 1 fully saturated rings. The van der Waals surface area contributed by atoms with Crippen LogP contribution in [0, 0.1) is 0 Å². The largest absolute Gasteiger partial charge is 0.395 e. The van der Waals surface area contributed by atoms with Crippen LogP contribution in [-0.2, 0) is 0 Å². The minimum absolute atomic E-state index is 0.0620. The van der Waals surface area contributed by atoms with Crippen molar-refractivity contribution in [3.05, 3.63) is 6.33 Å². The Hall–Kier alpha value is -1.64. The maximum atomic E-state index is 9.16. The number of aromatic nitrogens is 2. The van der Waals surface area contributed by atoms with Crippen LogP contribution in [0.15, 0.2) is 6.33 Å². The number of aliphatic hydroxyl groups excluding tert-OH is 2. The van der Waals surface area contributed by atoms with Crippen molar-refractivity contribution >= 4 is 17.3 Å². The van der Waals surface area contributed by atoms with Crippen molar-refractivity contribution in [3.8, 4) is 0 Å². The highest BCUT2D eigenvalue weighted by molar-refractivity contribution is 5.75. The molecule has 0 aromatic carbocycles. The number of piperazine rings is 1. The van der Waals surface area contributed by atoms with Gasteiger partial charge in [-0.25, -0.2) is 9.97 Å². The quantitative estimate of drug-likeness (QED) is 0.589. The predicted molar refractivity (Wildman–Crippen MR) is 87.2 cm³/mol. The van der Waals surface area contributed by atoms with Crippen molar-refractivity contribution in [1.82, 2.24) is 14.9 Å². The van der Waals surface area contributed by atoms with Crippen molar-refractivity contribution in [3.63, 3.8) is 0 Å². The molecule has 22 heavy (non-hydrogen) atoms. The van der Waals surface area contributed by atoms with Crippen LogP contribution in [0.2, 0.25) is 0 Å². The smallest absolute Gasteiger partial charge is 0.157 e. The number of β-amino-alcohol motifs (C(OH)–C–C–N with tert-alkyl or cyclic N) is 1. The number of aliphatic hydroxyl groups is 2. The molecule has 0 unspecified atom stereocenters. The zero-order valence-corrected chi connectivity index (χ0v) is 13.1. The van der Waals surface area contributed by atoms with E-state index in [1.807, 2.05) is 11.8 Å². The van der Waals surface area contributed by atoms with E-state index in [9.17, 15) is 0 Å². The Balaban J connectivity index is 2.12. The number of nitrogens with zero attached hydrogens (tertiary/aromatic N) is 5. The van der Waals surface area contributed by atoms with E-state index in [0.29, 0.717) is 24.6 Å². The summed E-state index contributed by atoms with van der Waals surface area (Å²) in [6.07, 6.45) is 1.53. The Morgan fingerprint density at radius 2 is 1.91 bits per heavy atom. The average molecular weight is 310 g/mol. The van der Waals surface area contributed by atoms with Gasteiger partial charge in [-0.2, -0.15) is 0 Å². The van der Waals surface area contributed by atoms with Gasteiger partial charge in [-0.1, -0.05) is 0 Å². The van der Waals surface area contributed by atoms with Gasteiger partial charge in [-0.3, -0.25) is 4.90 Å². The third kappa shape index (κ3) is 3.76. The van der Waals surface area contributed by atoms with Gasteiger partial charge in [0.2, 0.25) is 0 Å². The molecule has 0 atom stereocenters. The first-order valence-electron chi connectivity index (χ1n) is 7.75. The SMILES string of the molecule is CCN(CCO)c1ncnc(N2CCN(CCO)CC2)c1N. The maximum Gasteiger partial charge on any atom is 0.157 e. The summed E-state index contributed by atoms with van der Waals surface area (Å²) in [6, 6.07) is 0. The molecule has 1 aliphatic rings. The fraction of sp³-hybridized carbons (Fsp3) is 0.714. The zero-order chi connectivity index (χ0) is 15.9. The lowest BCUT2D eigenvalue weighted by molar-refractivity contribution is 0.188. The summed E-state index contributed by atoms with van der Waals surface area (Å²) >= 11 is 0. The molecular weight excluding hydrogens is 284 g/mol. The lowest BCUT2D eigenvalue weighted by Gasteiger charge is -2.36. The van der Waals surface area contributed by atoms with Gasteiger partial charge in [0.05, 0.1) is 13.2 Å². The Morgan fingerprint density at radius 1 is 1.18 bits per heavy atom. The zero-order valence-electron chi connectivity index (χ0n) is 13.1. The number of rotatable bonds is 7. The third-order valence-corrected chi connectivity index (χ3v) is 3.98. The molecule has 4 N–H and O–H groups in total. The van der Waals surface area contributed by atoms with Crippen molar-refractivity contribution in [2.24, 2.45) is 0 Å². The first-order chi connectivity index (χ1) is 10.7. The fourth-order valence-electron chi connectivity index (χ4n) is 2.74. The summed E-state index contributed by atoms with van der Waals surface area (Å²) in [6.45, 7) is 7.61. The lowest BCUT2D eigenvalue weighted by Crippen LogP contribution is -2.47. The minimum Gasteiger partial charge on any atom is -0.395 e. The number of hydrogen-bond acceptors (Lipinski definition) is 8. The fourth-order valence-corrected chi connectivity index (χ4v) is 2.74. The van der Waals surface area contributed by atoms with Crippen molar-refractivity contribution in [2.75, 3.05) is 74.6 Å². The summed E-state index contributed by atoms with van der Waals surface area (Å²) in [5.41, 5.74) is 6.83. The van der Waals surface area contributed by atoms with Gasteiger partial charge >= 0.3 is 0 Å². The standard InChI is InChI=1S/C14H26N6O2/c1-2-19(8-10-22)13-12(15)14(17-11-16-13)20-5-3-18(4-6-20)7-9-21/h11,21-22H,2-10,15H2,1H3. The van der Waals surface area contributed by atoms with Gasteiger partial charge in [-0.15, -0.1) is 0 Å². The van der Waals surface area contributed by atoms with Crippen LogP contribution >= 0.6 is 0 Å². The van der Waals surface area contributed by atoms with E-state index in [4.69, 9.17) is 15.9 Å². The second-order valence-electron chi connectivity index (χ2n) is 5.29. The molecule has 1 aromatic rings. The van der Waals surface area contributed by atoms with Crippen LogP contribution in [0.3, 0.4) is 0 Å². The van der Waals surface area contributed by atoms with Crippen molar-refractivity contribution in [1.29, 1.82) is 0 Å². The second kappa shape index (κ2) is 8.11. The molecule has 1 saturated heterocycles. The Bertz CT molecular complexity index is 465. The number of nitrogen functional groups attached to an aromatic ring is 1.